The van der Waals surface area contributed by atoms with E-state index in [0.717, 1.165) is 0 Å². The van der Waals surface area contributed by atoms with Gasteiger partial charge in [0.25, 0.3) is 5.91 Å². The fraction of sp³-hybridized carbons (Fsp3) is 0.533. The van der Waals surface area contributed by atoms with Crippen LogP contribution in [0.1, 0.15) is 42.8 Å². The van der Waals surface area contributed by atoms with E-state index in [-0.39, 0.29) is 24.8 Å². The highest BCUT2D eigenvalue weighted by molar-refractivity contribution is 7.12. The summed E-state index contributed by atoms with van der Waals surface area (Å²) in [6.07, 6.45) is 0.905. The summed E-state index contributed by atoms with van der Waals surface area (Å²) in [7, 11) is 1.55. The van der Waals surface area contributed by atoms with Gasteiger partial charge in [-0.1, -0.05) is 19.9 Å². The molecule has 1 rings (SSSR count). The maximum atomic E-state index is 12.1. The van der Waals surface area contributed by atoms with Crippen molar-refractivity contribution >= 4 is 29.1 Å². The Hall–Kier alpha value is -1.89. The molecule has 122 valence electrons. The molecule has 2 amide bonds. The Morgan fingerprint density at radius 1 is 1.32 bits per heavy atom. The number of amides is 2. The maximum Gasteiger partial charge on any atom is 0.305 e. The van der Waals surface area contributed by atoms with Crippen LogP contribution in [0.25, 0.3) is 0 Å². The number of carboxylic acids is 1. The Balaban J connectivity index is 2.67. The van der Waals surface area contributed by atoms with Gasteiger partial charge in [-0.15, -0.1) is 11.3 Å². The third-order valence-corrected chi connectivity index (χ3v) is 4.57. The summed E-state index contributed by atoms with van der Waals surface area (Å²) in [4.78, 5) is 37.1. The minimum atomic E-state index is -0.952. The van der Waals surface area contributed by atoms with Gasteiger partial charge in [-0.25, -0.2) is 0 Å². The minimum absolute atomic E-state index is 0.0991. The topological polar surface area (TPSA) is 86.7 Å². The number of rotatable bonds is 8. The van der Waals surface area contributed by atoms with Crippen LogP contribution in [0.4, 0.5) is 0 Å². The van der Waals surface area contributed by atoms with Gasteiger partial charge in [-0.05, 0) is 24.3 Å². The van der Waals surface area contributed by atoms with Crippen molar-refractivity contribution in [3.63, 3.8) is 0 Å². The molecule has 0 aliphatic rings. The Kier molecular flexibility index (Phi) is 6.55. The molecule has 0 fully saturated rings. The highest BCUT2D eigenvalue weighted by Crippen LogP contribution is 2.20. The predicted octanol–water partition coefficient (Wildman–Crippen LogP) is 1.97. The van der Waals surface area contributed by atoms with Gasteiger partial charge in [0, 0.05) is 7.05 Å². The molecule has 0 aliphatic heterocycles. The second-order valence-electron chi connectivity index (χ2n) is 5.24. The van der Waals surface area contributed by atoms with E-state index in [4.69, 9.17) is 5.11 Å². The van der Waals surface area contributed by atoms with Crippen molar-refractivity contribution in [2.24, 2.45) is 0 Å². The maximum absolute atomic E-state index is 12.1. The van der Waals surface area contributed by atoms with Gasteiger partial charge < -0.3 is 15.3 Å². The normalized spacial score (nSPS) is 11.0. The molecule has 2 N–H and O–H groups in total. The Morgan fingerprint density at radius 3 is 2.41 bits per heavy atom. The lowest BCUT2D eigenvalue weighted by atomic mass is 9.89. The van der Waals surface area contributed by atoms with E-state index in [2.05, 4.69) is 5.32 Å². The predicted molar refractivity (Wildman–Crippen MR) is 85.0 cm³/mol. The van der Waals surface area contributed by atoms with Crippen LogP contribution in [-0.4, -0.2) is 46.9 Å². The second kappa shape index (κ2) is 7.93. The van der Waals surface area contributed by atoms with Crippen molar-refractivity contribution in [3.8, 4) is 0 Å². The molecule has 0 unspecified atom stereocenters. The van der Waals surface area contributed by atoms with Crippen molar-refractivity contribution in [2.45, 2.75) is 38.6 Å². The Bertz CT molecular complexity index is 524. The lowest BCUT2D eigenvalue weighted by molar-refractivity contribution is -0.139. The van der Waals surface area contributed by atoms with Crippen LogP contribution in [0, 0.1) is 0 Å². The molecular formula is C15H22N2O4S. The molecule has 0 saturated heterocycles. The lowest BCUT2D eigenvalue weighted by Gasteiger charge is -2.32. The molecule has 1 aromatic rings. The number of aliphatic carboxylic acids is 1. The number of nitrogens with one attached hydrogen (secondary N) is 1. The van der Waals surface area contributed by atoms with Crippen molar-refractivity contribution < 1.29 is 19.5 Å². The quantitative estimate of drug-likeness (QED) is 0.764. The van der Waals surface area contributed by atoms with E-state index < -0.39 is 11.5 Å². The van der Waals surface area contributed by atoms with Crippen molar-refractivity contribution in [3.05, 3.63) is 22.4 Å². The molecular weight excluding hydrogens is 304 g/mol. The molecule has 0 radical (unpaired) electrons. The Morgan fingerprint density at radius 2 is 1.95 bits per heavy atom. The average Bonchev–Trinajstić information content (AvgIpc) is 2.99. The van der Waals surface area contributed by atoms with E-state index >= 15 is 0 Å². The van der Waals surface area contributed by atoms with E-state index in [1.807, 2.05) is 13.8 Å². The van der Waals surface area contributed by atoms with Crippen LogP contribution in [0.5, 0.6) is 0 Å². The van der Waals surface area contributed by atoms with Gasteiger partial charge in [0.05, 0.1) is 23.4 Å². The smallest absolute Gasteiger partial charge is 0.305 e. The molecule has 7 heteroatoms. The molecule has 0 bridgehead atoms. The molecule has 0 aliphatic carbocycles. The second-order valence-corrected chi connectivity index (χ2v) is 6.19. The number of likely N-dealkylation sites (N-methyl/N-ethyl adjacent to an activating group) is 1. The summed E-state index contributed by atoms with van der Waals surface area (Å²) in [6.45, 7) is 3.58. The molecule has 0 atom stereocenters. The number of hydrogen-bond acceptors (Lipinski definition) is 4. The zero-order valence-corrected chi connectivity index (χ0v) is 13.9. The zero-order valence-electron chi connectivity index (χ0n) is 13.1. The van der Waals surface area contributed by atoms with E-state index in [9.17, 15) is 14.4 Å². The fourth-order valence-corrected chi connectivity index (χ4v) is 2.94. The van der Waals surface area contributed by atoms with Gasteiger partial charge >= 0.3 is 5.97 Å². The van der Waals surface area contributed by atoms with Crippen molar-refractivity contribution in [2.75, 3.05) is 13.6 Å². The van der Waals surface area contributed by atoms with Crippen LogP contribution in [0.15, 0.2) is 17.5 Å². The summed E-state index contributed by atoms with van der Waals surface area (Å²) >= 11 is 1.32. The van der Waals surface area contributed by atoms with Crippen LogP contribution in [0.3, 0.4) is 0 Å². The van der Waals surface area contributed by atoms with Gasteiger partial charge in [0.2, 0.25) is 5.91 Å². The minimum Gasteiger partial charge on any atom is -0.481 e. The third-order valence-electron chi connectivity index (χ3n) is 3.71. The lowest BCUT2D eigenvalue weighted by Crippen LogP contribution is -2.52. The summed E-state index contributed by atoms with van der Waals surface area (Å²) < 4.78 is 0. The summed E-state index contributed by atoms with van der Waals surface area (Å²) in [6, 6.07) is 3.48. The molecule has 0 saturated carbocycles. The number of hydrogen-bond donors (Lipinski definition) is 2. The van der Waals surface area contributed by atoms with Gasteiger partial charge in [-0.3, -0.25) is 14.4 Å². The SMILES string of the molecule is CCC(CC)(CC(=O)O)NC(=O)CN(C)C(=O)c1cccs1. The van der Waals surface area contributed by atoms with Gasteiger partial charge in [0.1, 0.15) is 0 Å². The number of carbonyl (C=O) groups is 3. The first-order valence-electron chi connectivity index (χ1n) is 7.15. The standard InChI is InChI=1S/C15H22N2O4S/c1-4-15(5-2,9-13(19)20)16-12(18)10-17(3)14(21)11-7-6-8-22-11/h6-8H,4-5,9-10H2,1-3H3,(H,16,18)(H,19,20). The fourth-order valence-electron chi connectivity index (χ4n) is 2.22. The summed E-state index contributed by atoms with van der Waals surface area (Å²) in [5, 5.41) is 13.6. The number of thiophene rings is 1. The molecule has 1 aromatic heterocycles. The van der Waals surface area contributed by atoms with Crippen LogP contribution in [0.2, 0.25) is 0 Å². The summed E-state index contributed by atoms with van der Waals surface area (Å²) in [5.74, 6) is -1.52. The van der Waals surface area contributed by atoms with Gasteiger partial charge in [0.15, 0.2) is 0 Å². The third kappa shape index (κ3) is 4.84. The van der Waals surface area contributed by atoms with Crippen molar-refractivity contribution in [1.82, 2.24) is 10.2 Å². The molecule has 6 nitrogen and oxygen atoms in total. The first-order chi connectivity index (χ1) is 10.3. The number of nitrogens with zero attached hydrogens (tertiary/aromatic N) is 1. The number of carbonyl (C=O) groups excluding carboxylic acids is 2. The van der Waals surface area contributed by atoms with Crippen LogP contribution in [-0.2, 0) is 9.59 Å². The molecule has 0 spiro atoms. The molecule has 22 heavy (non-hydrogen) atoms. The largest absolute Gasteiger partial charge is 0.481 e. The highest BCUT2D eigenvalue weighted by atomic mass is 32.1. The first kappa shape index (κ1) is 18.2. The van der Waals surface area contributed by atoms with Crippen LogP contribution >= 0.6 is 11.3 Å². The highest BCUT2D eigenvalue weighted by Gasteiger charge is 2.31. The zero-order chi connectivity index (χ0) is 16.8. The summed E-state index contributed by atoms with van der Waals surface area (Å²) in [5.41, 5.74) is -0.768. The molecule has 0 aromatic carbocycles. The number of carboxylic acid groups (broad SMARTS) is 1. The molecule has 1 heterocycles. The van der Waals surface area contributed by atoms with E-state index in [1.54, 1.807) is 24.6 Å². The van der Waals surface area contributed by atoms with E-state index in [1.165, 1.54) is 16.2 Å². The van der Waals surface area contributed by atoms with Crippen LogP contribution < -0.4 is 5.32 Å². The monoisotopic (exact) mass is 326 g/mol. The van der Waals surface area contributed by atoms with E-state index in [0.29, 0.717) is 17.7 Å². The first-order valence-corrected chi connectivity index (χ1v) is 8.03. The van der Waals surface area contributed by atoms with Gasteiger partial charge in [-0.2, -0.15) is 0 Å². The van der Waals surface area contributed by atoms with Crippen molar-refractivity contribution in [1.29, 1.82) is 0 Å². The average molecular weight is 326 g/mol. The Labute approximate surface area is 134 Å².